The Labute approximate surface area is 201 Å². The Balaban J connectivity index is 1.59. The average Bonchev–Trinajstić information content (AvgIpc) is 3.42. The lowest BCUT2D eigenvalue weighted by atomic mass is 9.92. The summed E-state index contributed by atoms with van der Waals surface area (Å²) in [6, 6.07) is 14.5. The van der Waals surface area contributed by atoms with Gasteiger partial charge in [-0.25, -0.2) is 4.99 Å². The molecule has 0 spiro atoms. The van der Waals surface area contributed by atoms with Gasteiger partial charge in [0.2, 0.25) is 0 Å². The smallest absolute Gasteiger partial charge is 0.374 e. The molecule has 0 aliphatic carbocycles. The molecule has 186 valence electrons. The van der Waals surface area contributed by atoms with Crippen molar-refractivity contribution in [2.75, 3.05) is 25.5 Å². The molecule has 0 fully saturated rings. The molecule has 1 aliphatic heterocycles. The molecule has 35 heavy (non-hydrogen) atoms. The highest BCUT2D eigenvalue weighted by molar-refractivity contribution is 7.14. The summed E-state index contributed by atoms with van der Waals surface area (Å²) in [5.41, 5.74) is -3.05. The molecule has 1 atom stereocenters. The molecule has 3 aromatic rings. The van der Waals surface area contributed by atoms with Gasteiger partial charge in [0.25, 0.3) is 0 Å². The van der Waals surface area contributed by atoms with E-state index >= 15 is 0 Å². The van der Waals surface area contributed by atoms with E-state index in [9.17, 15) is 26.3 Å². The number of hydrogen-bond acceptors (Lipinski definition) is 5. The van der Waals surface area contributed by atoms with Crippen molar-refractivity contribution in [1.29, 1.82) is 0 Å². The van der Waals surface area contributed by atoms with Gasteiger partial charge in [-0.3, -0.25) is 0 Å². The van der Waals surface area contributed by atoms with E-state index in [1.54, 1.807) is 0 Å². The van der Waals surface area contributed by atoms with Gasteiger partial charge >= 0.3 is 12.4 Å². The normalized spacial score (nSPS) is 18.6. The van der Waals surface area contributed by atoms with Gasteiger partial charge in [0.15, 0.2) is 5.96 Å². The number of benzene rings is 2. The Morgan fingerprint density at radius 3 is 2.20 bits per heavy atom. The Morgan fingerprint density at radius 2 is 1.63 bits per heavy atom. The molecule has 0 saturated carbocycles. The topological polar surface area (TPSA) is 36.9 Å². The van der Waals surface area contributed by atoms with Gasteiger partial charge in [0, 0.05) is 7.05 Å². The third-order valence-electron chi connectivity index (χ3n) is 5.50. The van der Waals surface area contributed by atoms with Crippen LogP contribution < -0.4 is 5.32 Å². The Kier molecular flexibility index (Phi) is 6.83. The first-order valence-electron chi connectivity index (χ1n) is 10.5. The summed E-state index contributed by atoms with van der Waals surface area (Å²) in [7, 11) is 1.84. The standard InChI is InChI=1S/C24H21F6N3OS/c1-33-14-22(17-6-3-2-4-7-17,32-21(33)31-20-8-5-9-35-20)15-34-13-16-10-18(23(25,26)27)12-19(11-16)24(28,29)30/h2-12H,13-15H2,1H3,(H,31,32)/t22-/m1/s1. The van der Waals surface area contributed by atoms with Crippen molar-refractivity contribution in [1.82, 2.24) is 4.90 Å². The highest BCUT2D eigenvalue weighted by Gasteiger charge is 2.41. The lowest BCUT2D eigenvalue weighted by molar-refractivity contribution is -0.143. The molecule has 1 N–H and O–H groups in total. The predicted octanol–water partition coefficient (Wildman–Crippen LogP) is 6.61. The molecule has 2 aromatic carbocycles. The molecule has 4 nitrogen and oxygen atoms in total. The summed E-state index contributed by atoms with van der Waals surface area (Å²) < 4.78 is 84.9. The number of guanidine groups is 1. The highest BCUT2D eigenvalue weighted by atomic mass is 32.1. The molecular weight excluding hydrogens is 492 g/mol. The second kappa shape index (κ2) is 9.54. The fourth-order valence-electron chi connectivity index (χ4n) is 3.88. The second-order valence-electron chi connectivity index (χ2n) is 8.20. The fourth-order valence-corrected chi connectivity index (χ4v) is 4.49. The van der Waals surface area contributed by atoms with Crippen LogP contribution in [0.1, 0.15) is 22.3 Å². The number of rotatable bonds is 6. The fraction of sp³-hybridized carbons (Fsp3) is 0.292. The molecule has 0 unspecified atom stereocenters. The quantitative estimate of drug-likeness (QED) is 0.377. The lowest BCUT2D eigenvalue weighted by Crippen LogP contribution is -2.36. The van der Waals surface area contributed by atoms with Gasteiger partial charge in [-0.05, 0) is 46.8 Å². The van der Waals surface area contributed by atoms with E-state index in [-0.39, 0.29) is 18.2 Å². The maximum atomic E-state index is 13.2. The van der Waals surface area contributed by atoms with Crippen LogP contribution in [0.15, 0.2) is 71.0 Å². The summed E-state index contributed by atoms with van der Waals surface area (Å²) in [5.74, 6) is 0.582. The van der Waals surface area contributed by atoms with Crippen LogP contribution in [-0.4, -0.2) is 31.1 Å². The third-order valence-corrected chi connectivity index (χ3v) is 6.29. The first-order valence-corrected chi connectivity index (χ1v) is 11.4. The number of thiophene rings is 1. The van der Waals surface area contributed by atoms with Crippen LogP contribution in [-0.2, 0) is 29.2 Å². The zero-order valence-corrected chi connectivity index (χ0v) is 19.3. The number of ether oxygens (including phenoxy) is 1. The summed E-state index contributed by atoms with van der Waals surface area (Å²) in [4.78, 5) is 6.73. The van der Waals surface area contributed by atoms with Crippen molar-refractivity contribution >= 4 is 22.3 Å². The maximum Gasteiger partial charge on any atom is 0.416 e. The number of hydrogen-bond donors (Lipinski definition) is 1. The lowest BCUT2D eigenvalue weighted by Gasteiger charge is -2.27. The zero-order chi connectivity index (χ0) is 25.3. The van der Waals surface area contributed by atoms with Crippen molar-refractivity contribution in [3.05, 3.63) is 88.3 Å². The van der Waals surface area contributed by atoms with Gasteiger partial charge in [-0.1, -0.05) is 30.3 Å². The Hall–Kier alpha value is -3.05. The molecule has 2 heterocycles. The van der Waals surface area contributed by atoms with Crippen LogP contribution in [0, 0.1) is 0 Å². The summed E-state index contributed by atoms with van der Waals surface area (Å²) in [6.45, 7) is -0.0792. The number of aliphatic imine (C=N–C) groups is 1. The summed E-state index contributed by atoms with van der Waals surface area (Å²) >= 11 is 1.50. The summed E-state index contributed by atoms with van der Waals surface area (Å²) in [6.07, 6.45) is -9.83. The predicted molar refractivity (Wildman–Crippen MR) is 122 cm³/mol. The first kappa shape index (κ1) is 25.1. The molecule has 0 radical (unpaired) electrons. The van der Waals surface area contributed by atoms with Crippen molar-refractivity contribution < 1.29 is 31.1 Å². The van der Waals surface area contributed by atoms with Crippen molar-refractivity contribution in [2.24, 2.45) is 4.99 Å². The van der Waals surface area contributed by atoms with Gasteiger partial charge in [0.05, 0.1) is 35.9 Å². The van der Waals surface area contributed by atoms with E-state index in [1.165, 1.54) is 11.3 Å². The van der Waals surface area contributed by atoms with Crippen molar-refractivity contribution in [2.45, 2.75) is 24.5 Å². The van der Waals surface area contributed by atoms with Crippen LogP contribution in [0.2, 0.25) is 0 Å². The molecular formula is C24H21F6N3OS. The molecule has 0 saturated heterocycles. The van der Waals surface area contributed by atoms with Crippen LogP contribution in [0.5, 0.6) is 0 Å². The average molecular weight is 514 g/mol. The maximum absolute atomic E-state index is 13.2. The molecule has 4 rings (SSSR count). The van der Waals surface area contributed by atoms with Crippen LogP contribution in [0.3, 0.4) is 0 Å². The minimum absolute atomic E-state index is 0.0471. The number of likely N-dealkylation sites (N-methyl/N-ethyl adjacent to an activating group) is 1. The molecule has 1 aromatic heterocycles. The number of anilines is 1. The van der Waals surface area contributed by atoms with Gasteiger partial charge in [-0.2, -0.15) is 26.3 Å². The van der Waals surface area contributed by atoms with E-state index in [1.807, 2.05) is 59.8 Å². The number of halogens is 6. The van der Waals surface area contributed by atoms with E-state index in [2.05, 4.69) is 5.32 Å². The van der Waals surface area contributed by atoms with E-state index < -0.39 is 35.6 Å². The highest BCUT2D eigenvalue weighted by Crippen LogP contribution is 2.37. The molecule has 0 bridgehead atoms. The van der Waals surface area contributed by atoms with Crippen LogP contribution >= 0.6 is 11.3 Å². The third kappa shape index (κ3) is 5.79. The van der Waals surface area contributed by atoms with Crippen LogP contribution in [0.25, 0.3) is 0 Å². The Morgan fingerprint density at radius 1 is 0.971 bits per heavy atom. The minimum Gasteiger partial charge on any atom is -0.374 e. The van der Waals surface area contributed by atoms with Gasteiger partial charge < -0.3 is 15.0 Å². The molecule has 0 amide bonds. The monoisotopic (exact) mass is 513 g/mol. The van der Waals surface area contributed by atoms with E-state index in [0.717, 1.165) is 10.6 Å². The first-order chi connectivity index (χ1) is 16.5. The van der Waals surface area contributed by atoms with Gasteiger partial charge in [-0.15, -0.1) is 11.3 Å². The molecule has 1 aliphatic rings. The summed E-state index contributed by atoms with van der Waals surface area (Å²) in [5, 5.41) is 6.03. The second-order valence-corrected chi connectivity index (χ2v) is 9.15. The Bertz CT molecular complexity index is 1150. The van der Waals surface area contributed by atoms with E-state index in [0.29, 0.717) is 24.6 Å². The molecule has 11 heteroatoms. The van der Waals surface area contributed by atoms with Crippen LogP contribution in [0.4, 0.5) is 31.3 Å². The van der Waals surface area contributed by atoms with Crippen molar-refractivity contribution in [3.8, 4) is 0 Å². The van der Waals surface area contributed by atoms with E-state index in [4.69, 9.17) is 9.73 Å². The number of alkyl halides is 6. The largest absolute Gasteiger partial charge is 0.416 e. The minimum atomic E-state index is -4.91. The zero-order valence-electron chi connectivity index (χ0n) is 18.5. The SMILES string of the molecule is CN1C[C@@](COCc2cc(C(F)(F)F)cc(C(F)(F)F)c2)(c2ccccc2)N=C1Nc1cccs1. The number of nitrogens with one attached hydrogen (secondary N) is 1. The van der Waals surface area contributed by atoms with Crippen molar-refractivity contribution in [3.63, 3.8) is 0 Å². The number of nitrogens with zero attached hydrogens (tertiary/aromatic N) is 2. The van der Waals surface area contributed by atoms with Gasteiger partial charge in [0.1, 0.15) is 5.54 Å².